The maximum Gasteiger partial charge on any atom is 0.254 e. The Kier molecular flexibility index (Phi) is 7.01. The fourth-order valence-electron chi connectivity index (χ4n) is 5.00. The summed E-state index contributed by atoms with van der Waals surface area (Å²) in [5.74, 6) is 1.49. The average molecular weight is 509 g/mol. The number of aromatic nitrogens is 1. The minimum Gasteiger partial charge on any atom is -0.496 e. The summed E-state index contributed by atoms with van der Waals surface area (Å²) < 4.78 is 5.72. The SMILES string of the molecule is CNC(=O)c1cnc2cc(OC)c(-c3ccc(C(=O)NC4CC(C)C4C)cc3)cc2c1Nc1ccccc1. The molecule has 194 valence electrons. The van der Waals surface area contributed by atoms with Crippen molar-refractivity contribution in [2.75, 3.05) is 19.5 Å². The number of rotatable bonds is 7. The van der Waals surface area contributed by atoms with Gasteiger partial charge in [0.15, 0.2) is 0 Å². The van der Waals surface area contributed by atoms with Crippen LogP contribution in [0.3, 0.4) is 0 Å². The summed E-state index contributed by atoms with van der Waals surface area (Å²) >= 11 is 0. The van der Waals surface area contributed by atoms with Crippen LogP contribution in [0.5, 0.6) is 5.75 Å². The summed E-state index contributed by atoms with van der Waals surface area (Å²) in [5.41, 5.74) is 4.98. The zero-order valence-corrected chi connectivity index (χ0v) is 22.0. The van der Waals surface area contributed by atoms with Crippen molar-refractivity contribution < 1.29 is 14.3 Å². The minimum absolute atomic E-state index is 0.0560. The molecule has 2 amide bonds. The van der Waals surface area contributed by atoms with E-state index in [0.717, 1.165) is 28.6 Å². The predicted octanol–water partition coefficient (Wildman–Crippen LogP) is 5.79. The first-order valence-electron chi connectivity index (χ1n) is 12.9. The van der Waals surface area contributed by atoms with Gasteiger partial charge >= 0.3 is 0 Å². The van der Waals surface area contributed by atoms with Gasteiger partial charge in [-0.15, -0.1) is 0 Å². The topological polar surface area (TPSA) is 92.3 Å². The third-order valence-corrected chi connectivity index (χ3v) is 7.64. The average Bonchev–Trinajstić information content (AvgIpc) is 2.96. The second kappa shape index (κ2) is 10.5. The summed E-state index contributed by atoms with van der Waals surface area (Å²) in [4.78, 5) is 30.1. The van der Waals surface area contributed by atoms with Gasteiger partial charge in [-0.2, -0.15) is 0 Å². The molecule has 1 saturated carbocycles. The number of pyridine rings is 1. The van der Waals surface area contributed by atoms with E-state index in [-0.39, 0.29) is 17.9 Å². The molecular weight excluding hydrogens is 476 g/mol. The second-order valence-corrected chi connectivity index (χ2v) is 9.92. The van der Waals surface area contributed by atoms with Gasteiger partial charge in [0.25, 0.3) is 11.8 Å². The fraction of sp³-hybridized carbons (Fsp3) is 0.258. The van der Waals surface area contributed by atoms with E-state index in [2.05, 4.69) is 34.8 Å². The van der Waals surface area contributed by atoms with E-state index in [4.69, 9.17) is 4.74 Å². The minimum atomic E-state index is -0.235. The van der Waals surface area contributed by atoms with Crippen LogP contribution in [0.4, 0.5) is 11.4 Å². The van der Waals surface area contributed by atoms with Crippen LogP contribution in [0.1, 0.15) is 41.0 Å². The number of anilines is 2. The van der Waals surface area contributed by atoms with E-state index in [0.29, 0.717) is 39.9 Å². The summed E-state index contributed by atoms with van der Waals surface area (Å²) in [6.07, 6.45) is 2.59. The van der Waals surface area contributed by atoms with Crippen molar-refractivity contribution in [2.45, 2.75) is 26.3 Å². The third kappa shape index (κ3) is 4.79. The Morgan fingerprint density at radius 2 is 1.71 bits per heavy atom. The quantitative estimate of drug-likeness (QED) is 0.294. The van der Waals surface area contributed by atoms with E-state index in [1.807, 2.05) is 66.7 Å². The molecule has 1 fully saturated rings. The summed E-state index contributed by atoms with van der Waals surface area (Å²) in [5, 5.41) is 10.0. The molecule has 1 heterocycles. The first kappa shape index (κ1) is 25.3. The maximum atomic E-state index is 12.8. The number of nitrogens with one attached hydrogen (secondary N) is 3. The number of hydrogen-bond donors (Lipinski definition) is 3. The lowest BCUT2D eigenvalue weighted by Gasteiger charge is -2.41. The molecule has 0 spiro atoms. The molecule has 3 N–H and O–H groups in total. The molecule has 5 rings (SSSR count). The van der Waals surface area contributed by atoms with Crippen molar-refractivity contribution in [1.29, 1.82) is 0 Å². The Morgan fingerprint density at radius 3 is 2.34 bits per heavy atom. The summed E-state index contributed by atoms with van der Waals surface area (Å²) in [6, 6.07) is 21.3. The molecule has 0 saturated heterocycles. The van der Waals surface area contributed by atoms with Crippen LogP contribution in [0.2, 0.25) is 0 Å². The molecule has 3 aromatic carbocycles. The summed E-state index contributed by atoms with van der Waals surface area (Å²) in [7, 11) is 3.22. The first-order valence-corrected chi connectivity index (χ1v) is 12.9. The highest BCUT2D eigenvalue weighted by atomic mass is 16.5. The molecule has 7 nitrogen and oxygen atoms in total. The number of benzene rings is 3. The molecule has 3 atom stereocenters. The number of amides is 2. The molecule has 1 aliphatic rings. The predicted molar refractivity (Wildman–Crippen MR) is 151 cm³/mol. The van der Waals surface area contributed by atoms with Gasteiger partial charge in [-0.1, -0.05) is 44.2 Å². The molecule has 0 bridgehead atoms. The van der Waals surface area contributed by atoms with Crippen molar-refractivity contribution in [1.82, 2.24) is 15.6 Å². The number of methoxy groups -OCH3 is 1. The van der Waals surface area contributed by atoms with Crippen LogP contribution in [0.25, 0.3) is 22.0 Å². The standard InChI is InChI=1S/C31H32N4O3/c1-18-14-26(19(18)2)35-30(36)21-12-10-20(11-13-21)23-15-24-27(16-28(23)38-4)33-17-25(31(37)32-3)29(24)34-22-8-6-5-7-9-22/h5-13,15-19,26H,14H2,1-4H3,(H,32,37)(H,33,34)(H,35,36). The number of ether oxygens (including phenoxy) is 1. The molecule has 1 aromatic heterocycles. The van der Waals surface area contributed by atoms with E-state index in [9.17, 15) is 9.59 Å². The van der Waals surface area contributed by atoms with Crippen molar-refractivity contribution in [2.24, 2.45) is 11.8 Å². The lowest BCUT2D eigenvalue weighted by atomic mass is 9.71. The lowest BCUT2D eigenvalue weighted by Crippen LogP contribution is -2.50. The van der Waals surface area contributed by atoms with Crippen molar-refractivity contribution >= 4 is 34.1 Å². The zero-order chi connectivity index (χ0) is 26.8. The zero-order valence-electron chi connectivity index (χ0n) is 22.0. The number of hydrogen-bond acceptors (Lipinski definition) is 5. The van der Waals surface area contributed by atoms with Crippen molar-refractivity contribution in [3.05, 3.63) is 84.1 Å². The monoisotopic (exact) mass is 508 g/mol. The smallest absolute Gasteiger partial charge is 0.254 e. The van der Waals surface area contributed by atoms with Crippen LogP contribution in [-0.2, 0) is 0 Å². The number of fused-ring (bicyclic) bond motifs is 1. The third-order valence-electron chi connectivity index (χ3n) is 7.64. The molecule has 38 heavy (non-hydrogen) atoms. The number of para-hydroxylation sites is 1. The van der Waals surface area contributed by atoms with Gasteiger partial charge in [-0.25, -0.2) is 0 Å². The summed E-state index contributed by atoms with van der Waals surface area (Å²) in [6.45, 7) is 4.40. The van der Waals surface area contributed by atoms with Crippen LogP contribution in [0.15, 0.2) is 72.9 Å². The Balaban J connectivity index is 1.54. The van der Waals surface area contributed by atoms with Crippen LogP contribution in [0, 0.1) is 11.8 Å². The van der Waals surface area contributed by atoms with E-state index in [1.165, 1.54) is 0 Å². The Morgan fingerprint density at radius 1 is 0.974 bits per heavy atom. The van der Waals surface area contributed by atoms with Crippen LogP contribution < -0.4 is 20.7 Å². The highest BCUT2D eigenvalue weighted by Gasteiger charge is 2.35. The number of carbonyl (C=O) groups is 2. The van der Waals surface area contributed by atoms with Gasteiger partial charge in [-0.3, -0.25) is 14.6 Å². The first-order chi connectivity index (χ1) is 18.4. The van der Waals surface area contributed by atoms with Gasteiger partial charge in [-0.05, 0) is 54.2 Å². The van der Waals surface area contributed by atoms with E-state index < -0.39 is 0 Å². The highest BCUT2D eigenvalue weighted by molar-refractivity contribution is 6.09. The van der Waals surface area contributed by atoms with Gasteiger partial charge in [0.2, 0.25) is 0 Å². The normalized spacial score (nSPS) is 18.4. The van der Waals surface area contributed by atoms with Crippen LogP contribution in [-0.4, -0.2) is 37.0 Å². The Labute approximate surface area is 222 Å². The van der Waals surface area contributed by atoms with Crippen LogP contribution >= 0.6 is 0 Å². The lowest BCUT2D eigenvalue weighted by molar-refractivity contribution is 0.0806. The maximum absolute atomic E-state index is 12.8. The molecule has 7 heteroatoms. The van der Waals surface area contributed by atoms with Gasteiger partial charge in [0.05, 0.1) is 23.9 Å². The molecule has 0 radical (unpaired) electrons. The number of nitrogens with zero attached hydrogens (tertiary/aromatic N) is 1. The number of carbonyl (C=O) groups excluding carboxylic acids is 2. The molecule has 0 aliphatic heterocycles. The van der Waals surface area contributed by atoms with Gasteiger partial charge in [0, 0.05) is 47.6 Å². The van der Waals surface area contributed by atoms with E-state index in [1.54, 1.807) is 20.4 Å². The fourth-order valence-corrected chi connectivity index (χ4v) is 5.00. The van der Waals surface area contributed by atoms with Gasteiger partial charge < -0.3 is 20.7 Å². The second-order valence-electron chi connectivity index (χ2n) is 9.92. The van der Waals surface area contributed by atoms with Gasteiger partial charge in [0.1, 0.15) is 5.75 Å². The van der Waals surface area contributed by atoms with E-state index >= 15 is 0 Å². The molecule has 1 aliphatic carbocycles. The Bertz CT molecular complexity index is 1490. The largest absolute Gasteiger partial charge is 0.496 e. The highest BCUT2D eigenvalue weighted by Crippen LogP contribution is 2.38. The molecule has 4 aromatic rings. The molecular formula is C31H32N4O3. The molecule has 3 unspecified atom stereocenters. The van der Waals surface area contributed by atoms with Crippen molar-refractivity contribution in [3.8, 4) is 16.9 Å². The van der Waals surface area contributed by atoms with Crippen molar-refractivity contribution in [3.63, 3.8) is 0 Å². The Hall–Kier alpha value is -4.39.